The number of nitrogens with zero attached hydrogens (tertiary/aromatic N) is 4. The summed E-state index contributed by atoms with van der Waals surface area (Å²) in [6, 6.07) is 16.5. The number of rotatable bonds is 3. The van der Waals surface area contributed by atoms with Crippen LogP contribution >= 0.6 is 0 Å². The van der Waals surface area contributed by atoms with Crippen LogP contribution in [0.15, 0.2) is 67.0 Å². The van der Waals surface area contributed by atoms with E-state index in [2.05, 4.69) is 9.88 Å². The molecule has 5 rings (SSSR count). The number of benzene rings is 2. The summed E-state index contributed by atoms with van der Waals surface area (Å²) >= 11 is 0. The van der Waals surface area contributed by atoms with Crippen molar-refractivity contribution < 1.29 is 4.39 Å². The standard InChI is InChI=1S/C22H17FN4/c23-19-7-2-1-6-17(19)15-8-9-18-20(13-15)25-21(16-5-3-10-24-14-16)26-22(18)27-11-4-12-27/h1-3,5-10,13-14H,4,11-12H2. The number of halogens is 1. The van der Waals surface area contributed by atoms with Crippen molar-refractivity contribution >= 4 is 16.7 Å². The topological polar surface area (TPSA) is 41.9 Å². The first-order valence-corrected chi connectivity index (χ1v) is 9.02. The van der Waals surface area contributed by atoms with Gasteiger partial charge in [-0.2, -0.15) is 0 Å². The van der Waals surface area contributed by atoms with Crippen molar-refractivity contribution in [3.8, 4) is 22.5 Å². The first-order valence-electron chi connectivity index (χ1n) is 9.02. The number of hydrogen-bond donors (Lipinski definition) is 0. The van der Waals surface area contributed by atoms with E-state index in [0.29, 0.717) is 11.4 Å². The molecule has 0 spiro atoms. The molecule has 2 aromatic heterocycles. The van der Waals surface area contributed by atoms with E-state index in [-0.39, 0.29) is 5.82 Å². The monoisotopic (exact) mass is 356 g/mol. The van der Waals surface area contributed by atoms with E-state index in [1.807, 2.05) is 36.4 Å². The third-order valence-electron chi connectivity index (χ3n) is 4.94. The number of hydrogen-bond acceptors (Lipinski definition) is 4. The fourth-order valence-electron chi connectivity index (χ4n) is 3.37. The molecule has 0 aliphatic carbocycles. The van der Waals surface area contributed by atoms with Crippen molar-refractivity contribution in [3.63, 3.8) is 0 Å². The van der Waals surface area contributed by atoms with E-state index < -0.39 is 0 Å². The number of fused-ring (bicyclic) bond motifs is 1. The summed E-state index contributed by atoms with van der Waals surface area (Å²) in [5.41, 5.74) is 3.07. The zero-order valence-corrected chi connectivity index (χ0v) is 14.6. The van der Waals surface area contributed by atoms with E-state index in [4.69, 9.17) is 9.97 Å². The molecule has 0 radical (unpaired) electrons. The van der Waals surface area contributed by atoms with Gasteiger partial charge in [-0.1, -0.05) is 24.3 Å². The van der Waals surface area contributed by atoms with Crippen molar-refractivity contribution in [2.75, 3.05) is 18.0 Å². The highest BCUT2D eigenvalue weighted by molar-refractivity contribution is 5.94. The van der Waals surface area contributed by atoms with Gasteiger partial charge in [0, 0.05) is 42.0 Å². The van der Waals surface area contributed by atoms with Crippen LogP contribution in [0.1, 0.15) is 6.42 Å². The molecule has 0 saturated carbocycles. The molecule has 4 nitrogen and oxygen atoms in total. The van der Waals surface area contributed by atoms with Crippen molar-refractivity contribution in [1.29, 1.82) is 0 Å². The highest BCUT2D eigenvalue weighted by atomic mass is 19.1. The first-order chi connectivity index (χ1) is 13.3. The smallest absolute Gasteiger partial charge is 0.163 e. The highest BCUT2D eigenvalue weighted by Crippen LogP contribution is 2.33. The molecule has 0 amide bonds. The molecular weight excluding hydrogens is 339 g/mol. The summed E-state index contributed by atoms with van der Waals surface area (Å²) in [4.78, 5) is 16.0. The Bertz CT molecular complexity index is 1120. The van der Waals surface area contributed by atoms with Gasteiger partial charge in [0.25, 0.3) is 0 Å². The Hall–Kier alpha value is -3.34. The minimum absolute atomic E-state index is 0.235. The second-order valence-corrected chi connectivity index (χ2v) is 6.66. The van der Waals surface area contributed by atoms with Gasteiger partial charge in [-0.25, -0.2) is 14.4 Å². The van der Waals surface area contributed by atoms with Crippen LogP contribution in [0.5, 0.6) is 0 Å². The summed E-state index contributed by atoms with van der Waals surface area (Å²) < 4.78 is 14.2. The molecule has 1 saturated heterocycles. The van der Waals surface area contributed by atoms with Crippen LogP contribution in [0.2, 0.25) is 0 Å². The molecule has 27 heavy (non-hydrogen) atoms. The van der Waals surface area contributed by atoms with Gasteiger partial charge in [-0.3, -0.25) is 4.98 Å². The van der Waals surface area contributed by atoms with E-state index in [1.54, 1.807) is 24.5 Å². The van der Waals surface area contributed by atoms with Crippen molar-refractivity contribution in [3.05, 3.63) is 72.8 Å². The molecule has 0 atom stereocenters. The third-order valence-corrected chi connectivity index (χ3v) is 4.94. The Morgan fingerprint density at radius 3 is 2.52 bits per heavy atom. The van der Waals surface area contributed by atoms with Crippen molar-refractivity contribution in [2.45, 2.75) is 6.42 Å². The van der Waals surface area contributed by atoms with Gasteiger partial charge in [0.1, 0.15) is 11.6 Å². The van der Waals surface area contributed by atoms with Gasteiger partial charge in [-0.05, 0) is 42.3 Å². The van der Waals surface area contributed by atoms with Crippen LogP contribution in [0.4, 0.5) is 10.2 Å². The zero-order valence-electron chi connectivity index (χ0n) is 14.6. The Morgan fingerprint density at radius 2 is 1.78 bits per heavy atom. The summed E-state index contributed by atoms with van der Waals surface area (Å²) in [7, 11) is 0. The molecule has 132 valence electrons. The first kappa shape index (κ1) is 15.9. The number of pyridine rings is 1. The van der Waals surface area contributed by atoms with Crippen LogP contribution in [-0.4, -0.2) is 28.0 Å². The Balaban J connectivity index is 1.72. The maximum absolute atomic E-state index is 14.2. The lowest BCUT2D eigenvalue weighted by molar-refractivity contribution is 0.612. The van der Waals surface area contributed by atoms with Crippen LogP contribution in [0.25, 0.3) is 33.4 Å². The second-order valence-electron chi connectivity index (χ2n) is 6.66. The third kappa shape index (κ3) is 2.81. The molecular formula is C22H17FN4. The number of aromatic nitrogens is 3. The second kappa shape index (κ2) is 6.43. The highest BCUT2D eigenvalue weighted by Gasteiger charge is 2.21. The predicted octanol–water partition coefficient (Wildman–Crippen LogP) is 4.71. The molecule has 0 unspecified atom stereocenters. The summed E-state index contributed by atoms with van der Waals surface area (Å²) in [5, 5.41) is 0.988. The molecule has 3 heterocycles. The average Bonchev–Trinajstić information content (AvgIpc) is 2.67. The predicted molar refractivity (Wildman–Crippen MR) is 105 cm³/mol. The average molecular weight is 356 g/mol. The Kier molecular flexibility index (Phi) is 3.78. The Morgan fingerprint density at radius 1 is 0.889 bits per heavy atom. The van der Waals surface area contributed by atoms with Gasteiger partial charge < -0.3 is 4.90 Å². The Labute approximate surface area is 156 Å². The summed E-state index contributed by atoms with van der Waals surface area (Å²) in [6.07, 6.45) is 4.67. The molecule has 4 aromatic rings. The molecule has 2 aromatic carbocycles. The van der Waals surface area contributed by atoms with Crippen LogP contribution in [0, 0.1) is 5.82 Å². The van der Waals surface area contributed by atoms with Crippen molar-refractivity contribution in [2.24, 2.45) is 0 Å². The summed E-state index contributed by atoms with van der Waals surface area (Å²) in [6.45, 7) is 1.99. The lowest BCUT2D eigenvalue weighted by Crippen LogP contribution is -2.37. The van der Waals surface area contributed by atoms with Crippen LogP contribution in [0.3, 0.4) is 0 Å². The van der Waals surface area contributed by atoms with Gasteiger partial charge >= 0.3 is 0 Å². The van der Waals surface area contributed by atoms with Gasteiger partial charge in [0.15, 0.2) is 5.82 Å². The molecule has 1 aliphatic rings. The maximum atomic E-state index is 14.2. The van der Waals surface area contributed by atoms with E-state index >= 15 is 0 Å². The lowest BCUT2D eigenvalue weighted by Gasteiger charge is -2.33. The quantitative estimate of drug-likeness (QED) is 0.533. The minimum Gasteiger partial charge on any atom is -0.356 e. The van der Waals surface area contributed by atoms with E-state index in [9.17, 15) is 4.39 Å². The van der Waals surface area contributed by atoms with E-state index in [0.717, 1.165) is 40.9 Å². The van der Waals surface area contributed by atoms with E-state index in [1.165, 1.54) is 12.5 Å². The molecule has 5 heteroatoms. The zero-order chi connectivity index (χ0) is 18.2. The maximum Gasteiger partial charge on any atom is 0.163 e. The fraction of sp³-hybridized carbons (Fsp3) is 0.136. The molecule has 1 aliphatic heterocycles. The largest absolute Gasteiger partial charge is 0.356 e. The normalized spacial score (nSPS) is 13.6. The number of anilines is 1. The molecule has 1 fully saturated rings. The molecule has 0 bridgehead atoms. The SMILES string of the molecule is Fc1ccccc1-c1ccc2c(N3CCC3)nc(-c3cccnc3)nc2c1. The fourth-order valence-corrected chi connectivity index (χ4v) is 3.37. The van der Waals surface area contributed by atoms with Gasteiger partial charge in [0.05, 0.1) is 5.52 Å². The van der Waals surface area contributed by atoms with Gasteiger partial charge in [-0.15, -0.1) is 0 Å². The minimum atomic E-state index is -0.235. The van der Waals surface area contributed by atoms with Crippen LogP contribution in [-0.2, 0) is 0 Å². The lowest BCUT2D eigenvalue weighted by atomic mass is 10.0. The van der Waals surface area contributed by atoms with Crippen molar-refractivity contribution in [1.82, 2.24) is 15.0 Å². The van der Waals surface area contributed by atoms with Gasteiger partial charge in [0.2, 0.25) is 0 Å². The molecule has 0 N–H and O–H groups in total. The van der Waals surface area contributed by atoms with Crippen LogP contribution < -0.4 is 4.90 Å². The summed E-state index contributed by atoms with van der Waals surface area (Å²) in [5.74, 6) is 1.34.